The van der Waals surface area contributed by atoms with Crippen LogP contribution in [0.2, 0.25) is 0 Å². The molecule has 0 radical (unpaired) electrons. The molecular formula is C18H23N. The van der Waals surface area contributed by atoms with Crippen molar-refractivity contribution in [1.29, 1.82) is 0 Å². The summed E-state index contributed by atoms with van der Waals surface area (Å²) in [7, 11) is 0. The van der Waals surface area contributed by atoms with Crippen molar-refractivity contribution < 1.29 is 0 Å². The summed E-state index contributed by atoms with van der Waals surface area (Å²) < 4.78 is 0. The van der Waals surface area contributed by atoms with Gasteiger partial charge in [-0.25, -0.2) is 0 Å². The van der Waals surface area contributed by atoms with Crippen molar-refractivity contribution >= 4 is 0 Å². The quantitative estimate of drug-likeness (QED) is 0.796. The van der Waals surface area contributed by atoms with Crippen molar-refractivity contribution in [2.75, 3.05) is 6.54 Å². The van der Waals surface area contributed by atoms with Gasteiger partial charge in [0.15, 0.2) is 0 Å². The Morgan fingerprint density at radius 2 is 1.68 bits per heavy atom. The number of benzene rings is 2. The molecule has 2 rings (SSSR count). The number of aryl methyl sites for hydroxylation is 3. The molecule has 0 spiro atoms. The predicted octanol–water partition coefficient (Wildman–Crippen LogP) is 3.94. The maximum absolute atomic E-state index is 3.54. The Hall–Kier alpha value is -1.60. The molecule has 1 nitrogen and oxygen atoms in total. The fraction of sp³-hybridized carbons (Fsp3) is 0.333. The highest BCUT2D eigenvalue weighted by Gasteiger charge is 1.99. The van der Waals surface area contributed by atoms with Crippen LogP contribution in [0.3, 0.4) is 0 Å². The van der Waals surface area contributed by atoms with Gasteiger partial charge in [-0.1, -0.05) is 53.6 Å². The molecular weight excluding hydrogens is 230 g/mol. The van der Waals surface area contributed by atoms with Crippen molar-refractivity contribution in [2.24, 2.45) is 0 Å². The Morgan fingerprint density at radius 3 is 2.47 bits per heavy atom. The van der Waals surface area contributed by atoms with Gasteiger partial charge in [-0.2, -0.15) is 0 Å². The molecule has 2 aromatic carbocycles. The second-order valence-corrected chi connectivity index (χ2v) is 5.35. The minimum absolute atomic E-state index is 0.958. The van der Waals surface area contributed by atoms with Gasteiger partial charge in [0.25, 0.3) is 0 Å². The number of nitrogens with one attached hydrogen (secondary N) is 1. The molecule has 0 amide bonds. The minimum Gasteiger partial charge on any atom is -0.312 e. The van der Waals surface area contributed by atoms with Crippen molar-refractivity contribution in [3.63, 3.8) is 0 Å². The Balaban J connectivity index is 1.82. The summed E-state index contributed by atoms with van der Waals surface area (Å²) in [6.45, 7) is 8.45. The van der Waals surface area contributed by atoms with Crippen LogP contribution in [0.1, 0.15) is 27.8 Å². The molecule has 0 aromatic heterocycles. The molecule has 0 aliphatic rings. The summed E-state index contributed by atoms with van der Waals surface area (Å²) in [6.07, 6.45) is 1.09. The highest BCUT2D eigenvalue weighted by atomic mass is 14.8. The summed E-state index contributed by atoms with van der Waals surface area (Å²) in [6, 6.07) is 15.4. The van der Waals surface area contributed by atoms with E-state index in [-0.39, 0.29) is 0 Å². The summed E-state index contributed by atoms with van der Waals surface area (Å²) in [5.74, 6) is 0. The Kier molecular flexibility index (Phi) is 4.75. The summed E-state index contributed by atoms with van der Waals surface area (Å²) in [5.41, 5.74) is 6.86. The molecule has 0 heterocycles. The number of rotatable bonds is 5. The Labute approximate surface area is 116 Å². The van der Waals surface area contributed by atoms with E-state index < -0.39 is 0 Å². The van der Waals surface area contributed by atoms with Crippen molar-refractivity contribution in [3.8, 4) is 0 Å². The summed E-state index contributed by atoms with van der Waals surface area (Å²) >= 11 is 0. The molecule has 2 aromatic rings. The molecule has 19 heavy (non-hydrogen) atoms. The van der Waals surface area contributed by atoms with Crippen LogP contribution in [0.25, 0.3) is 0 Å². The van der Waals surface area contributed by atoms with E-state index in [0.29, 0.717) is 0 Å². The standard InChI is InChI=1S/C18H23N/c1-14-5-4-6-17(11-14)9-10-19-13-18-12-15(2)7-8-16(18)3/h4-8,11-12,19H,9-10,13H2,1-3H3. The molecule has 100 valence electrons. The topological polar surface area (TPSA) is 12.0 Å². The van der Waals surface area contributed by atoms with Crippen molar-refractivity contribution in [3.05, 3.63) is 70.3 Å². The van der Waals surface area contributed by atoms with Crippen LogP contribution in [-0.4, -0.2) is 6.54 Å². The molecule has 0 unspecified atom stereocenters. The van der Waals surface area contributed by atoms with E-state index >= 15 is 0 Å². The van der Waals surface area contributed by atoms with Gasteiger partial charge in [-0.15, -0.1) is 0 Å². The van der Waals surface area contributed by atoms with Gasteiger partial charge < -0.3 is 5.32 Å². The summed E-state index contributed by atoms with van der Waals surface area (Å²) in [5, 5.41) is 3.54. The van der Waals surface area contributed by atoms with Crippen LogP contribution >= 0.6 is 0 Å². The smallest absolute Gasteiger partial charge is 0.0208 e. The number of hydrogen-bond donors (Lipinski definition) is 1. The highest BCUT2D eigenvalue weighted by Crippen LogP contribution is 2.10. The van der Waals surface area contributed by atoms with Crippen LogP contribution in [-0.2, 0) is 13.0 Å². The fourth-order valence-corrected chi connectivity index (χ4v) is 2.31. The zero-order valence-electron chi connectivity index (χ0n) is 12.2. The van der Waals surface area contributed by atoms with Crippen LogP contribution < -0.4 is 5.32 Å². The minimum atomic E-state index is 0.958. The molecule has 0 saturated carbocycles. The van der Waals surface area contributed by atoms with Crippen molar-refractivity contribution in [2.45, 2.75) is 33.7 Å². The lowest BCUT2D eigenvalue weighted by Crippen LogP contribution is -2.17. The van der Waals surface area contributed by atoms with E-state index in [4.69, 9.17) is 0 Å². The van der Waals surface area contributed by atoms with Crippen LogP contribution in [0.5, 0.6) is 0 Å². The Morgan fingerprint density at radius 1 is 0.895 bits per heavy atom. The molecule has 0 fully saturated rings. The molecule has 1 N–H and O–H groups in total. The first kappa shape index (κ1) is 13.8. The van der Waals surface area contributed by atoms with E-state index in [1.165, 1.54) is 27.8 Å². The summed E-state index contributed by atoms with van der Waals surface area (Å²) in [4.78, 5) is 0. The normalized spacial score (nSPS) is 10.7. The van der Waals surface area contributed by atoms with Gasteiger partial charge in [0.1, 0.15) is 0 Å². The predicted molar refractivity (Wildman–Crippen MR) is 82.5 cm³/mol. The largest absolute Gasteiger partial charge is 0.312 e. The monoisotopic (exact) mass is 253 g/mol. The highest BCUT2D eigenvalue weighted by molar-refractivity contribution is 5.30. The molecule has 0 atom stereocenters. The van der Waals surface area contributed by atoms with Gasteiger partial charge in [0.2, 0.25) is 0 Å². The number of hydrogen-bond acceptors (Lipinski definition) is 1. The van der Waals surface area contributed by atoms with Crippen molar-refractivity contribution in [1.82, 2.24) is 5.32 Å². The molecule has 0 aliphatic heterocycles. The van der Waals surface area contributed by atoms with E-state index in [9.17, 15) is 0 Å². The van der Waals surface area contributed by atoms with E-state index in [1.54, 1.807) is 0 Å². The average molecular weight is 253 g/mol. The molecule has 0 bridgehead atoms. The van der Waals surface area contributed by atoms with E-state index in [0.717, 1.165) is 19.5 Å². The molecule has 0 aliphatic carbocycles. The molecule has 1 heteroatoms. The first-order valence-electron chi connectivity index (χ1n) is 6.97. The maximum atomic E-state index is 3.54. The SMILES string of the molecule is Cc1cccc(CCNCc2cc(C)ccc2C)c1. The lowest BCUT2D eigenvalue weighted by molar-refractivity contribution is 0.684. The lowest BCUT2D eigenvalue weighted by Gasteiger charge is -2.09. The van der Waals surface area contributed by atoms with Crippen LogP contribution in [0.4, 0.5) is 0 Å². The van der Waals surface area contributed by atoms with E-state index in [1.807, 2.05) is 0 Å². The molecule has 0 saturated heterocycles. The zero-order chi connectivity index (χ0) is 13.7. The first-order chi connectivity index (χ1) is 9.15. The fourth-order valence-electron chi connectivity index (χ4n) is 2.31. The van der Waals surface area contributed by atoms with Gasteiger partial charge in [-0.05, 0) is 50.4 Å². The van der Waals surface area contributed by atoms with Gasteiger partial charge >= 0.3 is 0 Å². The van der Waals surface area contributed by atoms with Gasteiger partial charge in [0, 0.05) is 6.54 Å². The third-order valence-electron chi connectivity index (χ3n) is 3.49. The third-order valence-corrected chi connectivity index (χ3v) is 3.49. The zero-order valence-corrected chi connectivity index (χ0v) is 12.2. The van der Waals surface area contributed by atoms with Gasteiger partial charge in [-0.3, -0.25) is 0 Å². The van der Waals surface area contributed by atoms with Crippen LogP contribution in [0, 0.1) is 20.8 Å². The lowest BCUT2D eigenvalue weighted by atomic mass is 10.1. The van der Waals surface area contributed by atoms with Crippen LogP contribution in [0.15, 0.2) is 42.5 Å². The Bertz CT molecular complexity index is 543. The first-order valence-corrected chi connectivity index (χ1v) is 6.97. The second-order valence-electron chi connectivity index (χ2n) is 5.35. The average Bonchev–Trinajstić information content (AvgIpc) is 2.39. The third kappa shape index (κ3) is 4.22. The van der Waals surface area contributed by atoms with E-state index in [2.05, 4.69) is 68.6 Å². The maximum Gasteiger partial charge on any atom is 0.0208 e. The van der Waals surface area contributed by atoms with Gasteiger partial charge in [0.05, 0.1) is 0 Å². The second kappa shape index (κ2) is 6.53.